The molecule has 120 valence electrons. The lowest BCUT2D eigenvalue weighted by Gasteiger charge is -2.16. The zero-order valence-electron chi connectivity index (χ0n) is 12.8. The molecule has 2 N–H and O–H groups in total. The van der Waals surface area contributed by atoms with Crippen LogP contribution in [0.3, 0.4) is 0 Å². The number of aliphatic imine (C=N–C) groups is 1. The molecule has 0 unspecified atom stereocenters. The molecule has 8 heteroatoms. The smallest absolute Gasteiger partial charge is 0.213 e. The third kappa shape index (κ3) is 6.45. The van der Waals surface area contributed by atoms with Crippen LogP contribution < -0.4 is 10.6 Å². The van der Waals surface area contributed by atoms with Crippen LogP contribution in [0, 0.1) is 0 Å². The van der Waals surface area contributed by atoms with Crippen molar-refractivity contribution in [3.05, 3.63) is 22.4 Å². The molecule has 0 radical (unpaired) electrons. The first-order valence-electron chi connectivity index (χ1n) is 6.90. The van der Waals surface area contributed by atoms with Gasteiger partial charge in [0.1, 0.15) is 0 Å². The summed E-state index contributed by atoms with van der Waals surface area (Å²) in [6, 6.07) is 4.08. The molecule has 1 aromatic heterocycles. The quantitative estimate of drug-likeness (QED) is 0.424. The molecule has 6 nitrogen and oxygen atoms in total. The minimum atomic E-state index is -3.08. The van der Waals surface area contributed by atoms with Gasteiger partial charge in [-0.3, -0.25) is 4.99 Å². The molecule has 0 fully saturated rings. The van der Waals surface area contributed by atoms with Crippen molar-refractivity contribution < 1.29 is 8.42 Å². The number of thiophene rings is 1. The molecule has 0 saturated heterocycles. The molecule has 0 aliphatic rings. The fourth-order valence-electron chi connectivity index (χ4n) is 1.67. The highest BCUT2D eigenvalue weighted by Gasteiger charge is 2.13. The third-order valence-electron chi connectivity index (χ3n) is 3.02. The van der Waals surface area contributed by atoms with Crippen molar-refractivity contribution in [2.24, 2.45) is 4.99 Å². The van der Waals surface area contributed by atoms with Gasteiger partial charge in [-0.15, -0.1) is 11.3 Å². The van der Waals surface area contributed by atoms with Crippen LogP contribution in [0.15, 0.2) is 22.5 Å². The van der Waals surface area contributed by atoms with Gasteiger partial charge < -0.3 is 10.6 Å². The zero-order valence-corrected chi connectivity index (χ0v) is 14.4. The van der Waals surface area contributed by atoms with E-state index >= 15 is 0 Å². The van der Waals surface area contributed by atoms with Crippen LogP contribution in [-0.2, 0) is 16.6 Å². The SMILES string of the molecule is CCS(=O)(=O)N(C)CCCNC(=NC)NCc1cccs1. The van der Waals surface area contributed by atoms with E-state index in [9.17, 15) is 8.42 Å². The molecule has 0 aliphatic heterocycles. The molecular weight excluding hydrogens is 308 g/mol. The Morgan fingerprint density at radius 1 is 1.43 bits per heavy atom. The highest BCUT2D eigenvalue weighted by atomic mass is 32.2. The summed E-state index contributed by atoms with van der Waals surface area (Å²) in [6.45, 7) is 3.57. The molecule has 0 atom stereocenters. The third-order valence-corrected chi connectivity index (χ3v) is 5.75. The van der Waals surface area contributed by atoms with E-state index in [2.05, 4.69) is 21.7 Å². The normalized spacial score (nSPS) is 12.7. The van der Waals surface area contributed by atoms with Gasteiger partial charge in [0.05, 0.1) is 12.3 Å². The fraction of sp³-hybridized carbons (Fsp3) is 0.615. The molecule has 0 spiro atoms. The van der Waals surface area contributed by atoms with Crippen LogP contribution in [0.25, 0.3) is 0 Å². The second-order valence-electron chi connectivity index (χ2n) is 4.51. The van der Waals surface area contributed by atoms with Crippen molar-refractivity contribution in [1.82, 2.24) is 14.9 Å². The van der Waals surface area contributed by atoms with E-state index in [4.69, 9.17) is 0 Å². The predicted octanol–water partition coefficient (Wildman–Crippen LogP) is 1.08. The highest BCUT2D eigenvalue weighted by Crippen LogP contribution is 2.07. The van der Waals surface area contributed by atoms with Crippen molar-refractivity contribution in [2.45, 2.75) is 19.9 Å². The Hall–Kier alpha value is -1.12. The Morgan fingerprint density at radius 3 is 2.76 bits per heavy atom. The minimum absolute atomic E-state index is 0.140. The Kier molecular flexibility index (Phi) is 7.69. The van der Waals surface area contributed by atoms with Gasteiger partial charge in [-0.1, -0.05) is 6.07 Å². The maximum absolute atomic E-state index is 11.6. The Labute approximate surface area is 131 Å². The van der Waals surface area contributed by atoms with Crippen LogP contribution >= 0.6 is 11.3 Å². The Balaban J connectivity index is 2.24. The number of hydrogen-bond donors (Lipinski definition) is 2. The molecule has 0 saturated carbocycles. The van der Waals surface area contributed by atoms with Gasteiger partial charge in [0.25, 0.3) is 0 Å². The second-order valence-corrected chi connectivity index (χ2v) is 7.90. The van der Waals surface area contributed by atoms with Crippen molar-refractivity contribution >= 4 is 27.3 Å². The van der Waals surface area contributed by atoms with Crippen LogP contribution in [0.2, 0.25) is 0 Å². The average Bonchev–Trinajstić information content (AvgIpc) is 2.99. The summed E-state index contributed by atoms with van der Waals surface area (Å²) in [6.07, 6.45) is 0.732. The van der Waals surface area contributed by atoms with Crippen molar-refractivity contribution in [3.8, 4) is 0 Å². The Morgan fingerprint density at radius 2 is 2.19 bits per heavy atom. The van der Waals surface area contributed by atoms with Gasteiger partial charge in [-0.25, -0.2) is 12.7 Å². The molecule has 1 aromatic rings. The zero-order chi connectivity index (χ0) is 15.7. The second kappa shape index (κ2) is 9.01. The summed E-state index contributed by atoms with van der Waals surface area (Å²) in [7, 11) is 0.250. The number of rotatable bonds is 8. The largest absolute Gasteiger partial charge is 0.356 e. The molecule has 0 aromatic carbocycles. The summed E-state index contributed by atoms with van der Waals surface area (Å²) >= 11 is 1.69. The molecule has 0 amide bonds. The highest BCUT2D eigenvalue weighted by molar-refractivity contribution is 7.89. The summed E-state index contributed by atoms with van der Waals surface area (Å²) in [4.78, 5) is 5.38. The number of guanidine groups is 1. The van der Waals surface area contributed by atoms with E-state index in [-0.39, 0.29) is 5.75 Å². The van der Waals surface area contributed by atoms with E-state index in [1.807, 2.05) is 11.4 Å². The maximum atomic E-state index is 11.6. The predicted molar refractivity (Wildman–Crippen MR) is 89.2 cm³/mol. The van der Waals surface area contributed by atoms with E-state index in [0.29, 0.717) is 13.1 Å². The van der Waals surface area contributed by atoms with E-state index in [1.54, 1.807) is 32.4 Å². The van der Waals surface area contributed by atoms with Gasteiger partial charge in [0, 0.05) is 32.1 Å². The van der Waals surface area contributed by atoms with Gasteiger partial charge in [-0.2, -0.15) is 0 Å². The van der Waals surface area contributed by atoms with E-state index < -0.39 is 10.0 Å². The molecule has 1 heterocycles. The molecule has 1 rings (SSSR count). The first-order valence-corrected chi connectivity index (χ1v) is 9.39. The standard InChI is InChI=1S/C13H24N4O2S2/c1-4-21(18,19)17(3)9-6-8-15-13(14-2)16-11-12-7-5-10-20-12/h5,7,10H,4,6,8-9,11H2,1-3H3,(H2,14,15,16). The number of sulfonamides is 1. The summed E-state index contributed by atoms with van der Waals surface area (Å²) in [5.74, 6) is 0.866. The lowest BCUT2D eigenvalue weighted by molar-refractivity contribution is 0.461. The molecule has 0 bridgehead atoms. The monoisotopic (exact) mass is 332 g/mol. The molecule has 21 heavy (non-hydrogen) atoms. The molecular formula is C13H24N4O2S2. The van der Waals surface area contributed by atoms with Gasteiger partial charge in [0.15, 0.2) is 5.96 Å². The summed E-state index contributed by atoms with van der Waals surface area (Å²) in [5, 5.41) is 8.44. The molecule has 0 aliphatic carbocycles. The lowest BCUT2D eigenvalue weighted by atomic mass is 10.4. The van der Waals surface area contributed by atoms with E-state index in [0.717, 1.165) is 18.9 Å². The number of nitrogens with zero attached hydrogens (tertiary/aromatic N) is 2. The fourth-order valence-corrected chi connectivity index (χ4v) is 3.17. The number of nitrogens with one attached hydrogen (secondary N) is 2. The van der Waals surface area contributed by atoms with Crippen LogP contribution in [0.5, 0.6) is 0 Å². The minimum Gasteiger partial charge on any atom is -0.356 e. The van der Waals surface area contributed by atoms with Crippen molar-refractivity contribution in [1.29, 1.82) is 0 Å². The van der Waals surface area contributed by atoms with Crippen molar-refractivity contribution in [3.63, 3.8) is 0 Å². The lowest BCUT2D eigenvalue weighted by Crippen LogP contribution is -2.38. The van der Waals surface area contributed by atoms with Crippen LogP contribution in [0.1, 0.15) is 18.2 Å². The topological polar surface area (TPSA) is 73.8 Å². The van der Waals surface area contributed by atoms with Gasteiger partial charge in [0.2, 0.25) is 10.0 Å². The first-order chi connectivity index (χ1) is 9.99. The van der Waals surface area contributed by atoms with Gasteiger partial charge in [-0.05, 0) is 24.8 Å². The maximum Gasteiger partial charge on any atom is 0.213 e. The van der Waals surface area contributed by atoms with Crippen LogP contribution in [-0.4, -0.2) is 51.6 Å². The van der Waals surface area contributed by atoms with E-state index in [1.165, 1.54) is 9.18 Å². The summed E-state index contributed by atoms with van der Waals surface area (Å²) in [5.41, 5.74) is 0. The summed E-state index contributed by atoms with van der Waals surface area (Å²) < 4.78 is 24.6. The van der Waals surface area contributed by atoms with Crippen molar-refractivity contribution in [2.75, 3.05) is 32.9 Å². The average molecular weight is 332 g/mol. The van der Waals surface area contributed by atoms with Gasteiger partial charge >= 0.3 is 0 Å². The Bertz CT molecular complexity index is 526. The first kappa shape index (κ1) is 17.9. The number of hydrogen-bond acceptors (Lipinski definition) is 4. The van der Waals surface area contributed by atoms with Crippen LogP contribution in [0.4, 0.5) is 0 Å².